The summed E-state index contributed by atoms with van der Waals surface area (Å²) in [5.74, 6) is -8.04. The van der Waals surface area contributed by atoms with Crippen LogP contribution in [0, 0.1) is 11.8 Å². The lowest BCUT2D eigenvalue weighted by molar-refractivity contribution is -0.142. The Labute approximate surface area is 377 Å². The lowest BCUT2D eigenvalue weighted by Gasteiger charge is -2.28. The zero-order chi connectivity index (χ0) is 48.7. The number of phenolic OH excluding ortho intramolecular Hbond substituents is 1. The molecule has 0 saturated carbocycles. The first kappa shape index (κ1) is 56.3. The van der Waals surface area contributed by atoms with Gasteiger partial charge in [-0.2, -0.15) is 11.8 Å². The lowest BCUT2D eigenvalue weighted by Crippen LogP contribution is -2.60. The Morgan fingerprint density at radius 1 is 0.641 bits per heavy atom. The highest BCUT2D eigenvalue weighted by Gasteiger charge is 2.35. The molecule has 0 heterocycles. The summed E-state index contributed by atoms with van der Waals surface area (Å²) in [7, 11) is 0. The fourth-order valence-corrected chi connectivity index (χ4v) is 6.60. The largest absolute Gasteiger partial charge is 0.508 e. The minimum Gasteiger partial charge on any atom is -0.508 e. The lowest BCUT2D eigenvalue weighted by atomic mass is 9.99. The Kier molecular flexibility index (Phi) is 25.4. The molecular formula is C41H68N10O12S. The number of nitrogens with zero attached hydrogens (tertiary/aromatic N) is 1. The Balaban J connectivity index is 3.58. The van der Waals surface area contributed by atoms with Crippen LogP contribution < -0.4 is 49.1 Å². The molecule has 0 fully saturated rings. The number of carbonyl (C=O) groups is 8. The molecule has 0 bridgehead atoms. The molecule has 23 heteroatoms. The number of benzene rings is 1. The van der Waals surface area contributed by atoms with Crippen molar-refractivity contribution in [3.05, 3.63) is 29.8 Å². The molecule has 360 valence electrons. The molecule has 6 amide bonds. The summed E-state index contributed by atoms with van der Waals surface area (Å²) in [6, 6.07) is -3.93. The van der Waals surface area contributed by atoms with E-state index in [0.29, 0.717) is 11.3 Å². The SMILES string of the molecule is CSCCC(NC(=O)C(CCCN=C(N)N)NC(=O)C(Cc1ccc(O)cc1)NC(=O)C(CCC(=O)O)NC(=O)C(CC(C)C)NC(=O)C(CC(C)C)NC(=O)C(N)C(C)O)C(=O)O. The van der Waals surface area contributed by atoms with Crippen LogP contribution in [-0.2, 0) is 44.8 Å². The maximum absolute atomic E-state index is 14.1. The summed E-state index contributed by atoms with van der Waals surface area (Å²) in [6.45, 7) is 8.50. The van der Waals surface area contributed by atoms with Crippen molar-refractivity contribution in [1.29, 1.82) is 0 Å². The normalized spacial score (nSPS) is 14.9. The number of guanidine groups is 1. The van der Waals surface area contributed by atoms with Gasteiger partial charge in [-0.15, -0.1) is 0 Å². The topological polar surface area (TPSA) is 380 Å². The van der Waals surface area contributed by atoms with E-state index in [4.69, 9.17) is 17.2 Å². The molecule has 1 rings (SSSR count). The van der Waals surface area contributed by atoms with E-state index < -0.39 is 109 Å². The molecule has 0 aliphatic rings. The number of nitrogens with two attached hydrogens (primary N) is 3. The Bertz CT molecular complexity index is 1740. The van der Waals surface area contributed by atoms with Crippen molar-refractivity contribution in [1.82, 2.24) is 31.9 Å². The van der Waals surface area contributed by atoms with Crippen LogP contribution in [-0.4, -0.2) is 141 Å². The highest BCUT2D eigenvalue weighted by molar-refractivity contribution is 7.98. The summed E-state index contributed by atoms with van der Waals surface area (Å²) in [4.78, 5) is 110. The summed E-state index contributed by atoms with van der Waals surface area (Å²) in [5, 5.41) is 54.3. The zero-order valence-corrected chi connectivity index (χ0v) is 38.1. The standard InChI is InChI=1S/C41H68N10O12S/c1-21(2)18-29(49-37(59)30(19-22(3)4)51-39(61)33(42)23(5)52)36(58)47-27(13-14-32(54)55)35(57)50-31(20-24-9-11-25(53)12-10-24)38(60)46-26(8-7-16-45-41(43)44)34(56)48-28(40(62)63)15-17-64-6/h9-12,21-23,26-31,33,52-53H,7-8,13-20,42H2,1-6H3,(H,46,60)(H,47,58)(H,48,56)(H,49,59)(H,50,57)(H,51,61)(H,54,55)(H,62,63)(H4,43,44,45). The molecular weight excluding hydrogens is 857 g/mol. The molecule has 8 unspecified atom stereocenters. The highest BCUT2D eigenvalue weighted by atomic mass is 32.2. The summed E-state index contributed by atoms with van der Waals surface area (Å²) >= 11 is 1.37. The second kappa shape index (κ2) is 28.9. The first-order chi connectivity index (χ1) is 29.9. The highest BCUT2D eigenvalue weighted by Crippen LogP contribution is 2.14. The van der Waals surface area contributed by atoms with E-state index in [-0.39, 0.29) is 68.6 Å². The van der Waals surface area contributed by atoms with E-state index in [1.807, 2.05) is 0 Å². The van der Waals surface area contributed by atoms with Crippen LogP contribution in [0.4, 0.5) is 0 Å². The molecule has 0 saturated heterocycles. The number of amides is 6. The number of carbonyl (C=O) groups excluding carboxylic acids is 6. The van der Waals surface area contributed by atoms with Gasteiger partial charge in [0.05, 0.1) is 6.10 Å². The fourth-order valence-electron chi connectivity index (χ4n) is 6.13. The van der Waals surface area contributed by atoms with Crippen molar-refractivity contribution < 1.29 is 58.8 Å². The molecule has 1 aromatic carbocycles. The van der Waals surface area contributed by atoms with Crippen molar-refractivity contribution in [2.45, 2.75) is 134 Å². The molecule has 8 atom stereocenters. The number of aromatic hydroxyl groups is 1. The van der Waals surface area contributed by atoms with Gasteiger partial charge in [-0.05, 0) is 87.0 Å². The van der Waals surface area contributed by atoms with Crippen LogP contribution in [0.2, 0.25) is 0 Å². The van der Waals surface area contributed by atoms with E-state index in [1.165, 1.54) is 43.0 Å². The number of carboxylic acid groups (broad SMARTS) is 2. The molecule has 0 radical (unpaired) electrons. The number of carboxylic acids is 2. The number of aliphatic hydroxyl groups excluding tert-OH is 1. The van der Waals surface area contributed by atoms with Gasteiger partial charge in [0.2, 0.25) is 35.4 Å². The zero-order valence-electron chi connectivity index (χ0n) is 37.3. The quantitative estimate of drug-likeness (QED) is 0.0235. The molecule has 22 nitrogen and oxygen atoms in total. The molecule has 16 N–H and O–H groups in total. The molecule has 0 aliphatic carbocycles. The third-order valence-corrected chi connectivity index (χ3v) is 10.2. The van der Waals surface area contributed by atoms with Crippen molar-refractivity contribution in [3.63, 3.8) is 0 Å². The molecule has 0 spiro atoms. The van der Waals surface area contributed by atoms with Gasteiger partial charge in [-0.25, -0.2) is 4.79 Å². The number of aliphatic hydroxyl groups is 1. The summed E-state index contributed by atoms with van der Waals surface area (Å²) in [5.41, 5.74) is 17.1. The molecule has 0 aromatic heterocycles. The molecule has 64 heavy (non-hydrogen) atoms. The van der Waals surface area contributed by atoms with Crippen molar-refractivity contribution in [2.75, 3.05) is 18.6 Å². The second-order valence-corrected chi connectivity index (χ2v) is 17.2. The van der Waals surface area contributed by atoms with Crippen molar-refractivity contribution in [3.8, 4) is 5.75 Å². The molecule has 0 aliphatic heterocycles. The average Bonchev–Trinajstić information content (AvgIpc) is 3.20. The van der Waals surface area contributed by atoms with E-state index in [0.717, 1.165) is 0 Å². The number of rotatable bonds is 30. The number of aliphatic imine (C=N–C) groups is 1. The van der Waals surface area contributed by atoms with Crippen LogP contribution >= 0.6 is 11.8 Å². The van der Waals surface area contributed by atoms with E-state index in [1.54, 1.807) is 34.0 Å². The van der Waals surface area contributed by atoms with E-state index in [9.17, 15) is 58.8 Å². The van der Waals surface area contributed by atoms with Gasteiger partial charge >= 0.3 is 11.9 Å². The maximum atomic E-state index is 14.1. The minimum atomic E-state index is -1.59. The molecule has 1 aromatic rings. The second-order valence-electron chi connectivity index (χ2n) is 16.3. The number of hydrogen-bond donors (Lipinski definition) is 13. The predicted octanol–water partition coefficient (Wildman–Crippen LogP) is -1.60. The number of hydrogen-bond acceptors (Lipinski definition) is 13. The Morgan fingerprint density at radius 2 is 1.08 bits per heavy atom. The van der Waals surface area contributed by atoms with Gasteiger partial charge in [0, 0.05) is 19.4 Å². The van der Waals surface area contributed by atoms with Gasteiger partial charge in [-0.3, -0.25) is 38.6 Å². The van der Waals surface area contributed by atoms with Crippen molar-refractivity contribution in [2.24, 2.45) is 34.0 Å². The van der Waals surface area contributed by atoms with Gasteiger partial charge < -0.3 is 69.5 Å². The number of thioether (sulfide) groups is 1. The van der Waals surface area contributed by atoms with Crippen LogP contribution in [0.1, 0.15) is 85.1 Å². The third kappa shape index (κ3) is 22.1. The number of nitrogens with one attached hydrogen (secondary N) is 6. The summed E-state index contributed by atoms with van der Waals surface area (Å²) in [6.07, 6.45) is -0.436. The first-order valence-corrected chi connectivity index (χ1v) is 22.4. The summed E-state index contributed by atoms with van der Waals surface area (Å²) < 4.78 is 0. The number of aliphatic carboxylic acids is 2. The monoisotopic (exact) mass is 924 g/mol. The van der Waals surface area contributed by atoms with Crippen LogP contribution in [0.5, 0.6) is 5.75 Å². The Hall–Kier alpha value is -5.68. The van der Waals surface area contributed by atoms with Crippen LogP contribution in [0.3, 0.4) is 0 Å². The minimum absolute atomic E-state index is 0.0406. The van der Waals surface area contributed by atoms with E-state index >= 15 is 0 Å². The smallest absolute Gasteiger partial charge is 0.326 e. The maximum Gasteiger partial charge on any atom is 0.326 e. The number of phenols is 1. The van der Waals surface area contributed by atoms with Crippen molar-refractivity contribution >= 4 is 65.1 Å². The van der Waals surface area contributed by atoms with Gasteiger partial charge in [-0.1, -0.05) is 39.8 Å². The predicted molar refractivity (Wildman–Crippen MR) is 239 cm³/mol. The van der Waals surface area contributed by atoms with Gasteiger partial charge in [0.15, 0.2) is 5.96 Å². The third-order valence-electron chi connectivity index (χ3n) is 9.60. The fraction of sp³-hybridized carbons (Fsp3) is 0.634. The first-order valence-electron chi connectivity index (χ1n) is 21.0. The van der Waals surface area contributed by atoms with Crippen LogP contribution in [0.15, 0.2) is 29.3 Å². The van der Waals surface area contributed by atoms with Gasteiger partial charge in [0.1, 0.15) is 48.0 Å². The van der Waals surface area contributed by atoms with E-state index in [2.05, 4.69) is 36.9 Å². The average molecular weight is 925 g/mol. The van der Waals surface area contributed by atoms with Crippen LogP contribution in [0.25, 0.3) is 0 Å². The Morgan fingerprint density at radius 3 is 1.53 bits per heavy atom. The van der Waals surface area contributed by atoms with Gasteiger partial charge in [0.25, 0.3) is 0 Å².